The Morgan fingerprint density at radius 3 is 2.83 bits per heavy atom. The zero-order valence-electron chi connectivity index (χ0n) is 9.75. The van der Waals surface area contributed by atoms with Crippen molar-refractivity contribution in [3.8, 4) is 0 Å². The summed E-state index contributed by atoms with van der Waals surface area (Å²) in [5, 5.41) is 13.6. The Kier molecular flexibility index (Phi) is 2.83. The van der Waals surface area contributed by atoms with Crippen LogP contribution in [0.1, 0.15) is 6.92 Å². The van der Waals surface area contributed by atoms with Crippen LogP contribution in [0.15, 0.2) is 24.3 Å². The number of rotatable bonds is 2. The summed E-state index contributed by atoms with van der Waals surface area (Å²) < 4.78 is 3.05. The number of fused-ring (bicyclic) bond motifs is 1. The molecule has 0 fully saturated rings. The molecule has 0 atom stereocenters. The second-order valence-corrected chi connectivity index (χ2v) is 6.35. The van der Waals surface area contributed by atoms with Gasteiger partial charge >= 0.3 is 10.7 Å². The Labute approximate surface area is 112 Å². The lowest BCUT2D eigenvalue weighted by Gasteiger charge is -1.96. The van der Waals surface area contributed by atoms with Crippen molar-refractivity contribution in [3.63, 3.8) is 0 Å². The van der Waals surface area contributed by atoms with Crippen molar-refractivity contribution < 1.29 is 9.50 Å². The molecule has 18 heavy (non-hydrogen) atoms. The van der Waals surface area contributed by atoms with Gasteiger partial charge in [-0.25, -0.2) is 0 Å². The van der Waals surface area contributed by atoms with Gasteiger partial charge in [0.05, 0.1) is 16.1 Å². The van der Waals surface area contributed by atoms with Gasteiger partial charge in [0.25, 0.3) is 0 Å². The summed E-state index contributed by atoms with van der Waals surface area (Å²) >= 11 is 3.01. The molecule has 0 radical (unpaired) electrons. The first-order chi connectivity index (χ1) is 8.68. The standard InChI is InChI=1S/C12H11N2O2S2/c1-8-13(6-7-17-8)11-9-4-2-3-5-10(9)18-12(11)14(15)16/h2-5H,6-7H2,1H3/q+1. The molecule has 4 nitrogen and oxygen atoms in total. The zero-order valence-corrected chi connectivity index (χ0v) is 11.4. The van der Waals surface area contributed by atoms with Gasteiger partial charge in [0.15, 0.2) is 6.54 Å². The van der Waals surface area contributed by atoms with Gasteiger partial charge in [0.2, 0.25) is 5.04 Å². The van der Waals surface area contributed by atoms with Crippen molar-refractivity contribution in [1.82, 2.24) is 0 Å². The molecule has 2 heterocycles. The van der Waals surface area contributed by atoms with E-state index in [2.05, 4.69) is 4.58 Å². The molecule has 1 aliphatic rings. The summed E-state index contributed by atoms with van der Waals surface area (Å²) in [5.41, 5.74) is 0.767. The molecule has 1 aromatic carbocycles. The van der Waals surface area contributed by atoms with Gasteiger partial charge in [0, 0.05) is 11.6 Å². The minimum absolute atomic E-state index is 0.248. The zero-order chi connectivity index (χ0) is 12.7. The third-order valence-corrected chi connectivity index (χ3v) is 5.13. The molecule has 0 aliphatic carbocycles. The fourth-order valence-corrected chi connectivity index (χ4v) is 4.12. The predicted molar refractivity (Wildman–Crippen MR) is 76.4 cm³/mol. The quantitative estimate of drug-likeness (QED) is 0.479. The average molecular weight is 279 g/mol. The van der Waals surface area contributed by atoms with Crippen LogP contribution >= 0.6 is 23.1 Å². The van der Waals surface area contributed by atoms with E-state index >= 15 is 0 Å². The maximum atomic E-state index is 11.2. The Balaban J connectivity index is 2.35. The molecule has 0 amide bonds. The van der Waals surface area contributed by atoms with Crippen LogP contribution in [-0.4, -0.2) is 26.8 Å². The van der Waals surface area contributed by atoms with Gasteiger partial charge in [-0.15, -0.1) is 0 Å². The van der Waals surface area contributed by atoms with Crippen molar-refractivity contribution >= 4 is 48.9 Å². The molecular formula is C12H11N2O2S2+. The van der Waals surface area contributed by atoms with E-state index in [1.807, 2.05) is 31.2 Å². The summed E-state index contributed by atoms with van der Waals surface area (Å²) in [7, 11) is 0. The van der Waals surface area contributed by atoms with E-state index in [0.29, 0.717) is 0 Å². The average Bonchev–Trinajstić information content (AvgIpc) is 2.92. The highest BCUT2D eigenvalue weighted by molar-refractivity contribution is 8.13. The van der Waals surface area contributed by atoms with Gasteiger partial charge in [-0.05, 0) is 12.1 Å². The van der Waals surface area contributed by atoms with Gasteiger partial charge in [-0.1, -0.05) is 35.2 Å². The molecule has 3 rings (SSSR count). The van der Waals surface area contributed by atoms with E-state index < -0.39 is 0 Å². The number of thiophene rings is 1. The number of nitrogens with zero attached hydrogens (tertiary/aromatic N) is 2. The number of hydrogen-bond acceptors (Lipinski definition) is 4. The fourth-order valence-electron chi connectivity index (χ4n) is 2.19. The second-order valence-electron chi connectivity index (χ2n) is 4.03. The molecule has 0 saturated carbocycles. The van der Waals surface area contributed by atoms with E-state index in [9.17, 15) is 10.1 Å². The van der Waals surface area contributed by atoms with Crippen LogP contribution in [0.5, 0.6) is 0 Å². The predicted octanol–water partition coefficient (Wildman–Crippen LogP) is 3.62. The number of hydrogen-bond donors (Lipinski definition) is 0. The lowest BCUT2D eigenvalue weighted by Crippen LogP contribution is -2.07. The van der Waals surface area contributed by atoms with Crippen molar-refractivity contribution in [2.75, 3.05) is 12.3 Å². The highest BCUT2D eigenvalue weighted by Crippen LogP contribution is 2.44. The van der Waals surface area contributed by atoms with Crippen LogP contribution in [0, 0.1) is 10.1 Å². The smallest absolute Gasteiger partial charge is 0.257 e. The molecule has 6 heteroatoms. The fraction of sp³-hybridized carbons (Fsp3) is 0.250. The van der Waals surface area contributed by atoms with E-state index in [1.165, 1.54) is 11.3 Å². The topological polar surface area (TPSA) is 46.1 Å². The lowest BCUT2D eigenvalue weighted by molar-refractivity contribution is -0.445. The molecule has 0 saturated heterocycles. The molecule has 0 unspecified atom stereocenters. The van der Waals surface area contributed by atoms with Crippen LogP contribution in [0.4, 0.5) is 10.7 Å². The van der Waals surface area contributed by atoms with Gasteiger partial charge < -0.3 is 0 Å². The lowest BCUT2D eigenvalue weighted by atomic mass is 10.2. The maximum absolute atomic E-state index is 11.2. The summed E-state index contributed by atoms with van der Waals surface area (Å²) in [6, 6.07) is 7.75. The molecule has 2 aromatic rings. The SMILES string of the molecule is CC1=[N+](c2c([N+](=O)[O-])sc3ccccc23)CCS1. The number of benzene rings is 1. The summed E-state index contributed by atoms with van der Waals surface area (Å²) in [6.45, 7) is 2.87. The third-order valence-electron chi connectivity index (χ3n) is 2.99. The molecule has 0 bridgehead atoms. The summed E-state index contributed by atoms with van der Waals surface area (Å²) in [5.74, 6) is 0.993. The molecular weight excluding hydrogens is 268 g/mol. The molecule has 92 valence electrons. The van der Waals surface area contributed by atoms with Crippen LogP contribution in [0.25, 0.3) is 10.1 Å². The van der Waals surface area contributed by atoms with Crippen LogP contribution in [0.3, 0.4) is 0 Å². The first kappa shape index (κ1) is 11.7. The summed E-state index contributed by atoms with van der Waals surface area (Å²) in [6.07, 6.45) is 0. The van der Waals surface area contributed by atoms with E-state index in [1.54, 1.807) is 11.8 Å². The van der Waals surface area contributed by atoms with Gasteiger partial charge in [-0.2, -0.15) is 4.58 Å². The van der Waals surface area contributed by atoms with Crippen molar-refractivity contribution in [2.45, 2.75) is 6.92 Å². The van der Waals surface area contributed by atoms with Crippen LogP contribution in [-0.2, 0) is 0 Å². The van der Waals surface area contributed by atoms with Crippen molar-refractivity contribution in [1.29, 1.82) is 0 Å². The number of nitro groups is 1. The minimum atomic E-state index is -0.268. The highest BCUT2D eigenvalue weighted by atomic mass is 32.2. The van der Waals surface area contributed by atoms with Gasteiger partial charge in [0.1, 0.15) is 0 Å². The third kappa shape index (κ3) is 1.72. The second kappa shape index (κ2) is 4.37. The Bertz CT molecular complexity index is 676. The normalized spacial score (nSPS) is 15.6. The van der Waals surface area contributed by atoms with E-state index in [0.717, 1.165) is 33.1 Å². The molecule has 0 N–H and O–H groups in total. The molecule has 1 aliphatic heterocycles. The first-order valence-electron chi connectivity index (χ1n) is 5.58. The van der Waals surface area contributed by atoms with Crippen molar-refractivity contribution in [2.24, 2.45) is 0 Å². The Hall–Kier alpha value is -1.40. The number of thioether (sulfide) groups is 1. The molecule has 1 aromatic heterocycles. The summed E-state index contributed by atoms with van der Waals surface area (Å²) in [4.78, 5) is 11.0. The van der Waals surface area contributed by atoms with Gasteiger partial charge in [-0.3, -0.25) is 10.1 Å². The maximum Gasteiger partial charge on any atom is 0.396 e. The first-order valence-corrected chi connectivity index (χ1v) is 7.38. The van der Waals surface area contributed by atoms with E-state index in [-0.39, 0.29) is 9.92 Å². The van der Waals surface area contributed by atoms with E-state index in [4.69, 9.17) is 0 Å². The monoisotopic (exact) mass is 279 g/mol. The molecule has 0 spiro atoms. The minimum Gasteiger partial charge on any atom is -0.257 e. The highest BCUT2D eigenvalue weighted by Gasteiger charge is 2.34. The Morgan fingerprint density at radius 2 is 2.17 bits per heavy atom. The van der Waals surface area contributed by atoms with Crippen LogP contribution < -0.4 is 0 Å². The van der Waals surface area contributed by atoms with Crippen molar-refractivity contribution in [3.05, 3.63) is 34.4 Å². The Morgan fingerprint density at radius 1 is 1.39 bits per heavy atom. The largest absolute Gasteiger partial charge is 0.396 e. The van der Waals surface area contributed by atoms with Crippen LogP contribution in [0.2, 0.25) is 0 Å².